The van der Waals surface area contributed by atoms with Gasteiger partial charge in [0.15, 0.2) is 10.7 Å². The third-order valence-corrected chi connectivity index (χ3v) is 5.44. The van der Waals surface area contributed by atoms with Crippen molar-refractivity contribution in [3.05, 3.63) is 41.3 Å². The quantitative estimate of drug-likeness (QED) is 0.892. The average molecular weight is 338 g/mol. The highest BCUT2D eigenvalue weighted by Crippen LogP contribution is 2.21. The maximum atomic E-state index is 13.4. The van der Waals surface area contributed by atoms with Gasteiger partial charge in [-0.1, -0.05) is 0 Å². The number of carbonyl (C=O) groups excluding carboxylic acids is 1. The molecule has 2 heterocycles. The molecule has 1 amide bonds. The largest absolute Gasteiger partial charge is 0.320 e. The highest BCUT2D eigenvalue weighted by Gasteiger charge is 2.31. The topological polar surface area (TPSA) is 84.3 Å². The molecule has 9 heteroatoms. The number of hydrogen-bond acceptors (Lipinski definition) is 4. The summed E-state index contributed by atoms with van der Waals surface area (Å²) in [6.07, 6.45) is 0. The molecule has 1 aliphatic rings. The van der Waals surface area contributed by atoms with Crippen LogP contribution in [0.1, 0.15) is 16.1 Å². The zero-order valence-corrected chi connectivity index (χ0v) is 13.4. The Morgan fingerprint density at radius 2 is 2.00 bits per heavy atom. The van der Waals surface area contributed by atoms with Crippen molar-refractivity contribution >= 4 is 21.6 Å². The van der Waals surface area contributed by atoms with Gasteiger partial charge in [-0.3, -0.25) is 9.48 Å². The second-order valence-corrected chi connectivity index (χ2v) is 7.38. The average Bonchev–Trinajstić information content (AvgIpc) is 2.88. The first-order chi connectivity index (χ1) is 10.8. The van der Waals surface area contributed by atoms with Gasteiger partial charge in [-0.2, -0.15) is 9.40 Å². The van der Waals surface area contributed by atoms with E-state index in [0.29, 0.717) is 24.3 Å². The van der Waals surface area contributed by atoms with Gasteiger partial charge in [0.05, 0.1) is 6.54 Å². The fourth-order valence-electron chi connectivity index (χ4n) is 2.40. The summed E-state index contributed by atoms with van der Waals surface area (Å²) < 4.78 is 40.2. The molecule has 0 atom stereocenters. The number of sulfonamides is 1. The van der Waals surface area contributed by atoms with Crippen LogP contribution in [0.25, 0.3) is 0 Å². The maximum Gasteiger partial charge on any atom is 0.276 e. The number of aryl methyl sites for hydroxylation is 1. The van der Waals surface area contributed by atoms with Crippen LogP contribution in [-0.2, 0) is 16.6 Å². The predicted molar refractivity (Wildman–Crippen MR) is 81.1 cm³/mol. The Labute approximate surface area is 132 Å². The summed E-state index contributed by atoms with van der Waals surface area (Å²) in [6.45, 7) is 2.37. The lowest BCUT2D eigenvalue weighted by atomic mass is 10.2. The summed E-state index contributed by atoms with van der Waals surface area (Å²) in [4.78, 5) is 12.2. The highest BCUT2D eigenvalue weighted by molar-refractivity contribution is 7.89. The van der Waals surface area contributed by atoms with Crippen molar-refractivity contribution in [2.45, 2.75) is 18.5 Å². The van der Waals surface area contributed by atoms with Crippen LogP contribution in [0.2, 0.25) is 0 Å². The first-order valence-corrected chi connectivity index (χ1v) is 8.34. The Morgan fingerprint density at radius 1 is 1.26 bits per heavy atom. The fraction of sp³-hybridized carbons (Fsp3) is 0.286. The van der Waals surface area contributed by atoms with Gasteiger partial charge in [0.25, 0.3) is 15.9 Å². The zero-order chi connectivity index (χ0) is 16.8. The van der Waals surface area contributed by atoms with Gasteiger partial charge in [0, 0.05) is 25.3 Å². The molecule has 0 aliphatic carbocycles. The number of carbonyl (C=O) groups is 1. The number of nitrogens with zero attached hydrogens (tertiary/aromatic N) is 3. The van der Waals surface area contributed by atoms with Crippen molar-refractivity contribution < 1.29 is 17.6 Å². The molecule has 0 saturated heterocycles. The van der Waals surface area contributed by atoms with Crippen molar-refractivity contribution in [2.24, 2.45) is 0 Å². The lowest BCUT2D eigenvalue weighted by molar-refractivity contribution is 0.102. The highest BCUT2D eigenvalue weighted by atomic mass is 32.2. The number of fused-ring (bicyclic) bond motifs is 1. The molecule has 0 spiro atoms. The minimum Gasteiger partial charge on any atom is -0.320 e. The molecule has 0 bridgehead atoms. The van der Waals surface area contributed by atoms with E-state index >= 15 is 0 Å². The van der Waals surface area contributed by atoms with Gasteiger partial charge in [0.1, 0.15) is 5.82 Å². The van der Waals surface area contributed by atoms with Crippen molar-refractivity contribution in [2.75, 3.05) is 18.9 Å². The lowest BCUT2D eigenvalue weighted by Gasteiger charge is -2.22. The molecule has 0 saturated carbocycles. The van der Waals surface area contributed by atoms with Gasteiger partial charge in [-0.15, -0.1) is 0 Å². The molecule has 1 aliphatic heterocycles. The minimum absolute atomic E-state index is 0.0215. The van der Waals surface area contributed by atoms with Crippen LogP contribution in [0.15, 0.2) is 29.3 Å². The van der Waals surface area contributed by atoms with E-state index in [-0.39, 0.29) is 10.7 Å². The molecule has 3 rings (SSSR count). The molecule has 7 nitrogen and oxygen atoms in total. The van der Waals surface area contributed by atoms with E-state index in [4.69, 9.17) is 0 Å². The Hall–Kier alpha value is -2.26. The summed E-state index contributed by atoms with van der Waals surface area (Å²) in [7, 11) is -2.15. The van der Waals surface area contributed by atoms with Gasteiger partial charge in [0.2, 0.25) is 0 Å². The molecule has 1 aromatic heterocycles. The van der Waals surface area contributed by atoms with E-state index in [9.17, 15) is 17.6 Å². The number of hydrogen-bond donors (Lipinski definition) is 1. The fourth-order valence-corrected chi connectivity index (χ4v) is 3.70. The third-order valence-electron chi connectivity index (χ3n) is 3.58. The number of benzene rings is 1. The number of anilines is 1. The van der Waals surface area contributed by atoms with Crippen molar-refractivity contribution in [3.63, 3.8) is 0 Å². The van der Waals surface area contributed by atoms with Crippen LogP contribution in [0.5, 0.6) is 0 Å². The van der Waals surface area contributed by atoms with Gasteiger partial charge >= 0.3 is 0 Å². The van der Waals surface area contributed by atoms with Crippen LogP contribution in [-0.4, -0.2) is 42.0 Å². The molecular formula is C14H15FN4O3S. The first kappa shape index (κ1) is 15.6. The Kier molecular flexibility index (Phi) is 3.69. The third kappa shape index (κ3) is 2.84. The Balaban J connectivity index is 1.90. The molecule has 2 aromatic rings. The maximum absolute atomic E-state index is 13.4. The number of rotatable bonds is 2. The Morgan fingerprint density at radius 3 is 2.70 bits per heavy atom. The van der Waals surface area contributed by atoms with Crippen LogP contribution in [0.3, 0.4) is 0 Å². The normalized spacial score (nSPS) is 16.8. The Bertz CT molecular complexity index is 871. The number of aromatic nitrogens is 2. The molecule has 0 radical (unpaired) electrons. The smallest absolute Gasteiger partial charge is 0.276 e. The monoisotopic (exact) mass is 338 g/mol. The van der Waals surface area contributed by atoms with Crippen molar-refractivity contribution in [1.29, 1.82) is 0 Å². The van der Waals surface area contributed by atoms with E-state index in [1.807, 2.05) is 0 Å². The van der Waals surface area contributed by atoms with Gasteiger partial charge < -0.3 is 5.32 Å². The molecule has 122 valence electrons. The van der Waals surface area contributed by atoms with E-state index < -0.39 is 21.7 Å². The van der Waals surface area contributed by atoms with E-state index in [2.05, 4.69) is 10.4 Å². The summed E-state index contributed by atoms with van der Waals surface area (Å²) in [5.74, 6) is -1.05. The molecule has 23 heavy (non-hydrogen) atoms. The molecule has 0 fully saturated rings. The number of halogens is 1. The summed E-state index contributed by atoms with van der Waals surface area (Å²) >= 11 is 0. The number of nitrogens with one attached hydrogen (secondary N) is 1. The van der Waals surface area contributed by atoms with Crippen LogP contribution >= 0.6 is 0 Å². The zero-order valence-electron chi connectivity index (χ0n) is 12.6. The van der Waals surface area contributed by atoms with E-state index in [0.717, 1.165) is 0 Å². The molecule has 1 N–H and O–H groups in total. The van der Waals surface area contributed by atoms with Crippen molar-refractivity contribution in [3.8, 4) is 0 Å². The van der Waals surface area contributed by atoms with Gasteiger partial charge in [-0.05, 0) is 30.7 Å². The lowest BCUT2D eigenvalue weighted by Crippen LogP contribution is -2.37. The van der Waals surface area contributed by atoms with E-state index in [1.165, 1.54) is 34.2 Å². The first-order valence-electron chi connectivity index (χ1n) is 6.90. The number of amides is 1. The molecule has 0 unspecified atom stereocenters. The van der Waals surface area contributed by atoms with Crippen molar-refractivity contribution in [1.82, 2.24) is 14.1 Å². The molecule has 1 aromatic carbocycles. The minimum atomic E-state index is -3.63. The second kappa shape index (κ2) is 5.43. The standard InChI is InChI=1S/C14H15FN4O3S/c1-9-5-10(15)7-11(6-9)16-14(20)12-8-13-19(17-12)4-3-18(2)23(13,21)22/h5-8H,3-4H2,1-2H3,(H,16,20). The molecular weight excluding hydrogens is 323 g/mol. The summed E-state index contributed by atoms with van der Waals surface area (Å²) in [5, 5.41) is 6.53. The van der Waals surface area contributed by atoms with Gasteiger partial charge in [-0.25, -0.2) is 12.8 Å². The van der Waals surface area contributed by atoms with E-state index in [1.54, 1.807) is 13.0 Å². The van der Waals surface area contributed by atoms with Crippen LogP contribution in [0, 0.1) is 12.7 Å². The second-order valence-electron chi connectivity index (χ2n) is 5.39. The predicted octanol–water partition coefficient (Wildman–Crippen LogP) is 1.22. The van der Waals surface area contributed by atoms with Crippen LogP contribution in [0.4, 0.5) is 10.1 Å². The SMILES string of the molecule is Cc1cc(F)cc(NC(=O)c2cc3n(n2)CCN(C)S3(=O)=O)c1. The van der Waals surface area contributed by atoms with Crippen LogP contribution < -0.4 is 5.32 Å². The summed E-state index contributed by atoms with van der Waals surface area (Å²) in [6, 6.07) is 5.37. The summed E-state index contributed by atoms with van der Waals surface area (Å²) in [5.41, 5.74) is 0.924. The number of likely N-dealkylation sites (N-methyl/N-ethyl adjacent to an activating group) is 1.